The second-order valence-corrected chi connectivity index (χ2v) is 5.47. The summed E-state index contributed by atoms with van der Waals surface area (Å²) in [6.07, 6.45) is 4.50. The third-order valence-electron chi connectivity index (χ3n) is 3.90. The van der Waals surface area contributed by atoms with Crippen molar-refractivity contribution in [3.63, 3.8) is 0 Å². The first-order valence-corrected chi connectivity index (χ1v) is 6.60. The summed E-state index contributed by atoms with van der Waals surface area (Å²) in [4.78, 5) is 7.09. The normalized spacial score (nSPS) is 30.2. The number of likely N-dealkylation sites (tertiary alicyclic amines) is 1. The lowest BCUT2D eigenvalue weighted by atomic mass is 9.98. The molecule has 1 aromatic rings. The van der Waals surface area contributed by atoms with Crippen molar-refractivity contribution in [2.24, 2.45) is 5.73 Å². The standard InChI is InChI=1S/C12H21N5/c1-16-6-2-3-9(7-16)12-14-11-5-4-10(13)8-17(11)15-12/h9-10H,2-8,13H2,1H3. The molecule has 2 aliphatic rings. The van der Waals surface area contributed by atoms with E-state index in [-0.39, 0.29) is 6.04 Å². The Morgan fingerprint density at radius 3 is 3.00 bits per heavy atom. The molecule has 3 rings (SSSR count). The van der Waals surface area contributed by atoms with Crippen LogP contribution in [0.15, 0.2) is 0 Å². The largest absolute Gasteiger partial charge is 0.326 e. The molecule has 0 aromatic carbocycles. The molecule has 0 radical (unpaired) electrons. The van der Waals surface area contributed by atoms with Gasteiger partial charge in [-0.15, -0.1) is 0 Å². The van der Waals surface area contributed by atoms with E-state index >= 15 is 0 Å². The Balaban J connectivity index is 1.79. The molecule has 94 valence electrons. The van der Waals surface area contributed by atoms with Gasteiger partial charge < -0.3 is 10.6 Å². The van der Waals surface area contributed by atoms with E-state index in [1.165, 1.54) is 19.4 Å². The molecule has 2 N–H and O–H groups in total. The first-order chi connectivity index (χ1) is 8.22. The van der Waals surface area contributed by atoms with Gasteiger partial charge in [-0.2, -0.15) is 5.10 Å². The molecular weight excluding hydrogens is 214 g/mol. The third-order valence-corrected chi connectivity index (χ3v) is 3.90. The molecule has 17 heavy (non-hydrogen) atoms. The number of hydrogen-bond donors (Lipinski definition) is 1. The van der Waals surface area contributed by atoms with Crippen molar-refractivity contribution in [2.45, 2.75) is 44.2 Å². The second-order valence-electron chi connectivity index (χ2n) is 5.47. The van der Waals surface area contributed by atoms with Crippen LogP contribution in [0.25, 0.3) is 0 Å². The van der Waals surface area contributed by atoms with Gasteiger partial charge in [0.05, 0.1) is 6.54 Å². The molecule has 3 heterocycles. The highest BCUT2D eigenvalue weighted by molar-refractivity contribution is 5.04. The van der Waals surface area contributed by atoms with Crippen LogP contribution < -0.4 is 5.73 Å². The van der Waals surface area contributed by atoms with Gasteiger partial charge in [0.25, 0.3) is 0 Å². The Morgan fingerprint density at radius 1 is 1.29 bits per heavy atom. The number of hydrogen-bond acceptors (Lipinski definition) is 4. The van der Waals surface area contributed by atoms with E-state index in [4.69, 9.17) is 10.7 Å². The quantitative estimate of drug-likeness (QED) is 0.763. The Labute approximate surface area is 102 Å². The number of piperidine rings is 1. The zero-order chi connectivity index (χ0) is 11.8. The maximum atomic E-state index is 5.96. The lowest BCUT2D eigenvalue weighted by Gasteiger charge is -2.27. The van der Waals surface area contributed by atoms with Gasteiger partial charge in [0.1, 0.15) is 5.82 Å². The zero-order valence-corrected chi connectivity index (χ0v) is 10.5. The monoisotopic (exact) mass is 235 g/mol. The topological polar surface area (TPSA) is 60.0 Å². The van der Waals surface area contributed by atoms with Gasteiger partial charge >= 0.3 is 0 Å². The van der Waals surface area contributed by atoms with Gasteiger partial charge in [-0.1, -0.05) is 0 Å². The Kier molecular flexibility index (Phi) is 2.88. The minimum absolute atomic E-state index is 0.256. The minimum atomic E-state index is 0.256. The van der Waals surface area contributed by atoms with E-state index < -0.39 is 0 Å². The summed E-state index contributed by atoms with van der Waals surface area (Å²) >= 11 is 0. The molecule has 0 saturated carbocycles. The maximum Gasteiger partial charge on any atom is 0.155 e. The second kappa shape index (κ2) is 4.38. The van der Waals surface area contributed by atoms with Crippen LogP contribution in [-0.2, 0) is 13.0 Å². The molecule has 0 amide bonds. The van der Waals surface area contributed by atoms with Crippen molar-refractivity contribution in [3.8, 4) is 0 Å². The van der Waals surface area contributed by atoms with E-state index in [2.05, 4.69) is 17.0 Å². The van der Waals surface area contributed by atoms with E-state index in [0.29, 0.717) is 5.92 Å². The lowest BCUT2D eigenvalue weighted by molar-refractivity contribution is 0.245. The number of aromatic nitrogens is 3. The number of rotatable bonds is 1. The molecule has 2 unspecified atom stereocenters. The summed E-state index contributed by atoms with van der Waals surface area (Å²) in [6, 6.07) is 0.256. The molecular formula is C12H21N5. The summed E-state index contributed by atoms with van der Waals surface area (Å²) in [7, 11) is 2.18. The highest BCUT2D eigenvalue weighted by Gasteiger charge is 2.25. The molecule has 1 fully saturated rings. The van der Waals surface area contributed by atoms with Crippen molar-refractivity contribution < 1.29 is 0 Å². The van der Waals surface area contributed by atoms with Gasteiger partial charge in [0, 0.05) is 24.9 Å². The van der Waals surface area contributed by atoms with Crippen LogP contribution in [-0.4, -0.2) is 45.8 Å². The van der Waals surface area contributed by atoms with Gasteiger partial charge in [-0.05, 0) is 32.9 Å². The predicted octanol–water partition coefficient (Wildman–Crippen LogP) is 0.361. The number of aryl methyl sites for hydroxylation is 1. The van der Waals surface area contributed by atoms with Crippen molar-refractivity contribution in [1.29, 1.82) is 0 Å². The van der Waals surface area contributed by atoms with Gasteiger partial charge in [-0.3, -0.25) is 0 Å². The molecule has 0 aliphatic carbocycles. The number of fused-ring (bicyclic) bond motifs is 1. The fraction of sp³-hybridized carbons (Fsp3) is 0.833. The van der Waals surface area contributed by atoms with Crippen molar-refractivity contribution in [3.05, 3.63) is 11.6 Å². The van der Waals surface area contributed by atoms with E-state index in [0.717, 1.165) is 37.6 Å². The van der Waals surface area contributed by atoms with Gasteiger partial charge in [0.2, 0.25) is 0 Å². The molecule has 1 saturated heterocycles. The maximum absolute atomic E-state index is 5.96. The summed E-state index contributed by atoms with van der Waals surface area (Å²) in [5.41, 5.74) is 5.96. The van der Waals surface area contributed by atoms with Crippen LogP contribution in [0.2, 0.25) is 0 Å². The number of nitrogens with two attached hydrogens (primary N) is 1. The number of nitrogens with zero attached hydrogens (tertiary/aromatic N) is 4. The van der Waals surface area contributed by atoms with Crippen LogP contribution in [0.4, 0.5) is 0 Å². The average Bonchev–Trinajstić information content (AvgIpc) is 2.72. The smallest absolute Gasteiger partial charge is 0.155 e. The van der Waals surface area contributed by atoms with E-state index in [1.807, 2.05) is 4.68 Å². The third kappa shape index (κ3) is 2.21. The van der Waals surface area contributed by atoms with Crippen LogP contribution in [0.1, 0.15) is 36.8 Å². The van der Waals surface area contributed by atoms with Crippen LogP contribution in [0.3, 0.4) is 0 Å². The van der Waals surface area contributed by atoms with Gasteiger partial charge in [-0.25, -0.2) is 9.67 Å². The van der Waals surface area contributed by atoms with Crippen molar-refractivity contribution in [2.75, 3.05) is 20.1 Å². The van der Waals surface area contributed by atoms with E-state index in [9.17, 15) is 0 Å². The zero-order valence-electron chi connectivity index (χ0n) is 10.5. The Bertz CT molecular complexity index is 400. The molecule has 0 spiro atoms. The van der Waals surface area contributed by atoms with Crippen molar-refractivity contribution >= 4 is 0 Å². The number of likely N-dealkylation sites (N-methyl/N-ethyl adjacent to an activating group) is 1. The fourth-order valence-electron chi connectivity index (χ4n) is 2.90. The summed E-state index contributed by atoms with van der Waals surface area (Å²) in [5.74, 6) is 2.69. The average molecular weight is 235 g/mol. The first kappa shape index (κ1) is 11.2. The molecule has 5 nitrogen and oxygen atoms in total. The van der Waals surface area contributed by atoms with Gasteiger partial charge in [0.15, 0.2) is 5.82 Å². The Morgan fingerprint density at radius 2 is 2.18 bits per heavy atom. The minimum Gasteiger partial charge on any atom is -0.326 e. The molecule has 0 bridgehead atoms. The van der Waals surface area contributed by atoms with Crippen LogP contribution in [0, 0.1) is 0 Å². The van der Waals surface area contributed by atoms with Crippen molar-refractivity contribution in [1.82, 2.24) is 19.7 Å². The van der Waals surface area contributed by atoms with Crippen LogP contribution >= 0.6 is 0 Å². The summed E-state index contributed by atoms with van der Waals surface area (Å²) < 4.78 is 2.03. The fourth-order valence-corrected chi connectivity index (χ4v) is 2.90. The summed E-state index contributed by atoms with van der Waals surface area (Å²) in [6.45, 7) is 3.13. The lowest BCUT2D eigenvalue weighted by Crippen LogP contribution is -2.32. The van der Waals surface area contributed by atoms with Crippen LogP contribution in [0.5, 0.6) is 0 Å². The molecule has 2 aliphatic heterocycles. The first-order valence-electron chi connectivity index (χ1n) is 6.60. The SMILES string of the molecule is CN1CCCC(c2nc3n(n2)CC(N)CC3)C1. The van der Waals surface area contributed by atoms with E-state index in [1.54, 1.807) is 0 Å². The molecule has 1 aromatic heterocycles. The highest BCUT2D eigenvalue weighted by atomic mass is 15.4. The highest BCUT2D eigenvalue weighted by Crippen LogP contribution is 2.25. The molecule has 5 heteroatoms. The molecule has 2 atom stereocenters. The summed E-state index contributed by atoms with van der Waals surface area (Å²) in [5, 5.41) is 4.66. The predicted molar refractivity (Wildman–Crippen MR) is 65.8 cm³/mol. The Hall–Kier alpha value is -0.940.